The molecule has 3 aromatic rings. The van der Waals surface area contributed by atoms with Crippen molar-refractivity contribution in [1.82, 2.24) is 4.98 Å². The summed E-state index contributed by atoms with van der Waals surface area (Å²) in [5.41, 5.74) is 2.06. The van der Waals surface area contributed by atoms with Gasteiger partial charge in [0.05, 0.1) is 29.1 Å². The van der Waals surface area contributed by atoms with Crippen molar-refractivity contribution in [1.29, 1.82) is 0 Å². The number of rotatable bonds is 4. The van der Waals surface area contributed by atoms with E-state index >= 15 is 0 Å². The van der Waals surface area contributed by atoms with E-state index in [0.29, 0.717) is 16.9 Å². The smallest absolute Gasteiger partial charge is 0.337 e. The molecule has 31 heavy (non-hydrogen) atoms. The molecule has 0 fully saturated rings. The van der Waals surface area contributed by atoms with Gasteiger partial charge in [0.25, 0.3) is 0 Å². The van der Waals surface area contributed by atoms with E-state index in [1.165, 1.54) is 29.2 Å². The van der Waals surface area contributed by atoms with Crippen LogP contribution in [0.3, 0.4) is 0 Å². The molecule has 0 aliphatic carbocycles. The number of aromatic carboxylic acids is 2. The molecule has 0 saturated heterocycles. The number of hydrogen-bond acceptors (Lipinski definition) is 5. The number of pyridine rings is 1. The van der Waals surface area contributed by atoms with Crippen LogP contribution in [0, 0.1) is 0 Å². The number of carbonyl (C=O) groups excluding carboxylic acids is 1. The Morgan fingerprint density at radius 1 is 0.935 bits per heavy atom. The van der Waals surface area contributed by atoms with Crippen molar-refractivity contribution in [2.24, 2.45) is 0 Å². The average molecular weight is 419 g/mol. The van der Waals surface area contributed by atoms with Gasteiger partial charge in [-0.25, -0.2) is 19.4 Å². The summed E-state index contributed by atoms with van der Waals surface area (Å²) in [5, 5.41) is 21.0. The SMILES string of the molecule is O=C(O)c1ccc(-c2ccc3c(n2)OCCN3C(=O)Nc2ccccc2C(=O)O)cc1. The summed E-state index contributed by atoms with van der Waals surface area (Å²) < 4.78 is 5.62. The van der Waals surface area contributed by atoms with E-state index in [-0.39, 0.29) is 35.8 Å². The second-order valence-corrected chi connectivity index (χ2v) is 6.68. The van der Waals surface area contributed by atoms with Gasteiger partial charge < -0.3 is 20.3 Å². The Balaban J connectivity index is 1.59. The topological polar surface area (TPSA) is 129 Å². The summed E-state index contributed by atoms with van der Waals surface area (Å²) in [6.07, 6.45) is 0. The molecule has 9 nitrogen and oxygen atoms in total. The minimum absolute atomic E-state index is 0.0115. The molecule has 2 heterocycles. The monoisotopic (exact) mass is 419 g/mol. The fraction of sp³-hybridized carbons (Fsp3) is 0.0909. The number of carboxylic acids is 2. The minimum atomic E-state index is -1.14. The van der Waals surface area contributed by atoms with Crippen molar-refractivity contribution < 1.29 is 29.3 Å². The van der Waals surface area contributed by atoms with Gasteiger partial charge in [0.1, 0.15) is 12.3 Å². The molecule has 1 aliphatic rings. The predicted molar refractivity (Wildman–Crippen MR) is 112 cm³/mol. The van der Waals surface area contributed by atoms with Crippen LogP contribution in [-0.4, -0.2) is 46.3 Å². The number of carbonyl (C=O) groups is 3. The van der Waals surface area contributed by atoms with Crippen molar-refractivity contribution in [3.8, 4) is 17.1 Å². The van der Waals surface area contributed by atoms with Crippen LogP contribution in [0.4, 0.5) is 16.2 Å². The first-order chi connectivity index (χ1) is 14.9. The first-order valence-corrected chi connectivity index (χ1v) is 9.32. The van der Waals surface area contributed by atoms with Crippen LogP contribution in [0.5, 0.6) is 5.88 Å². The number of amides is 2. The highest BCUT2D eigenvalue weighted by molar-refractivity contribution is 6.06. The molecular weight excluding hydrogens is 402 g/mol. The minimum Gasteiger partial charge on any atom is -0.478 e. The van der Waals surface area contributed by atoms with Crippen molar-refractivity contribution in [3.63, 3.8) is 0 Å². The van der Waals surface area contributed by atoms with Crippen LogP contribution >= 0.6 is 0 Å². The number of nitrogens with zero attached hydrogens (tertiary/aromatic N) is 2. The van der Waals surface area contributed by atoms with Crippen LogP contribution in [0.15, 0.2) is 60.7 Å². The number of ether oxygens (including phenoxy) is 1. The molecule has 0 radical (unpaired) electrons. The molecule has 1 aliphatic heterocycles. The van der Waals surface area contributed by atoms with Crippen LogP contribution in [0.25, 0.3) is 11.3 Å². The standard InChI is InChI=1S/C22H17N3O6/c26-20(27)14-7-5-13(6-8-14)16-9-10-18-19(23-16)31-12-11-25(18)22(30)24-17-4-2-1-3-15(17)21(28)29/h1-10H,11-12H2,(H,24,30)(H,26,27)(H,28,29). The lowest BCUT2D eigenvalue weighted by atomic mass is 10.1. The predicted octanol–water partition coefficient (Wildman–Crippen LogP) is 3.58. The molecular formula is C22H17N3O6. The second-order valence-electron chi connectivity index (χ2n) is 6.68. The lowest BCUT2D eigenvalue weighted by Crippen LogP contribution is -2.41. The summed E-state index contributed by atoms with van der Waals surface area (Å²) in [5.74, 6) is -1.90. The number of anilines is 2. The Hall–Kier alpha value is -4.40. The Morgan fingerprint density at radius 2 is 1.68 bits per heavy atom. The highest BCUT2D eigenvalue weighted by Crippen LogP contribution is 2.33. The molecule has 0 atom stereocenters. The molecule has 2 amide bonds. The van der Waals surface area contributed by atoms with E-state index in [0.717, 1.165) is 0 Å². The third-order valence-electron chi connectivity index (χ3n) is 4.76. The molecule has 2 aromatic carbocycles. The first kappa shape index (κ1) is 19.9. The number of aromatic nitrogens is 1. The van der Waals surface area contributed by atoms with E-state index in [1.54, 1.807) is 36.4 Å². The Labute approximate surface area is 176 Å². The van der Waals surface area contributed by atoms with Gasteiger partial charge in [0, 0.05) is 5.56 Å². The molecule has 0 unspecified atom stereocenters. The number of para-hydroxylation sites is 1. The molecule has 4 rings (SSSR count). The van der Waals surface area contributed by atoms with E-state index < -0.39 is 18.0 Å². The molecule has 9 heteroatoms. The van der Waals surface area contributed by atoms with E-state index in [1.807, 2.05) is 0 Å². The number of carboxylic acid groups (broad SMARTS) is 2. The maximum Gasteiger partial charge on any atom is 0.337 e. The second kappa shape index (κ2) is 8.15. The van der Waals surface area contributed by atoms with Crippen LogP contribution in [0.2, 0.25) is 0 Å². The number of benzene rings is 2. The van der Waals surface area contributed by atoms with Gasteiger partial charge in [-0.15, -0.1) is 0 Å². The summed E-state index contributed by atoms with van der Waals surface area (Å²) in [6, 6.07) is 15.3. The molecule has 0 saturated carbocycles. The molecule has 1 aromatic heterocycles. The first-order valence-electron chi connectivity index (χ1n) is 9.32. The molecule has 0 bridgehead atoms. The highest BCUT2D eigenvalue weighted by Gasteiger charge is 2.26. The summed E-state index contributed by atoms with van der Waals surface area (Å²) in [4.78, 5) is 41.1. The summed E-state index contributed by atoms with van der Waals surface area (Å²) >= 11 is 0. The lowest BCUT2D eigenvalue weighted by Gasteiger charge is -2.29. The fourth-order valence-corrected chi connectivity index (χ4v) is 3.22. The number of hydrogen-bond donors (Lipinski definition) is 3. The summed E-state index contributed by atoms with van der Waals surface area (Å²) in [6.45, 7) is 0.484. The lowest BCUT2D eigenvalue weighted by molar-refractivity contribution is 0.0686. The van der Waals surface area contributed by atoms with Crippen LogP contribution < -0.4 is 15.0 Å². The average Bonchev–Trinajstić information content (AvgIpc) is 2.78. The normalized spacial score (nSPS) is 12.5. The van der Waals surface area contributed by atoms with Gasteiger partial charge in [-0.3, -0.25) is 4.90 Å². The van der Waals surface area contributed by atoms with E-state index in [2.05, 4.69) is 10.3 Å². The van der Waals surface area contributed by atoms with E-state index in [9.17, 15) is 19.5 Å². The highest BCUT2D eigenvalue weighted by atomic mass is 16.5. The van der Waals surface area contributed by atoms with Gasteiger partial charge in [0.2, 0.25) is 5.88 Å². The van der Waals surface area contributed by atoms with Gasteiger partial charge in [-0.1, -0.05) is 24.3 Å². The largest absolute Gasteiger partial charge is 0.478 e. The zero-order chi connectivity index (χ0) is 22.0. The molecule has 156 valence electrons. The summed E-state index contributed by atoms with van der Waals surface area (Å²) in [7, 11) is 0. The van der Waals surface area contributed by atoms with Crippen molar-refractivity contribution in [2.45, 2.75) is 0 Å². The molecule has 3 N–H and O–H groups in total. The number of urea groups is 1. The third-order valence-corrected chi connectivity index (χ3v) is 4.76. The Kier molecular flexibility index (Phi) is 5.23. The van der Waals surface area contributed by atoms with Crippen molar-refractivity contribution >= 4 is 29.3 Å². The van der Waals surface area contributed by atoms with Crippen LogP contribution in [0.1, 0.15) is 20.7 Å². The van der Waals surface area contributed by atoms with Gasteiger partial charge in [-0.05, 0) is 36.4 Å². The Bertz CT molecular complexity index is 1180. The van der Waals surface area contributed by atoms with Gasteiger partial charge in [-0.2, -0.15) is 0 Å². The number of fused-ring (bicyclic) bond motifs is 1. The quantitative estimate of drug-likeness (QED) is 0.589. The van der Waals surface area contributed by atoms with Crippen molar-refractivity contribution in [2.75, 3.05) is 23.4 Å². The van der Waals surface area contributed by atoms with Gasteiger partial charge >= 0.3 is 18.0 Å². The van der Waals surface area contributed by atoms with E-state index in [4.69, 9.17) is 9.84 Å². The fourth-order valence-electron chi connectivity index (χ4n) is 3.22. The van der Waals surface area contributed by atoms with Gasteiger partial charge in [0.15, 0.2) is 0 Å². The third kappa shape index (κ3) is 4.01. The molecule has 0 spiro atoms. The Morgan fingerprint density at radius 3 is 2.39 bits per heavy atom. The van der Waals surface area contributed by atoms with Crippen LogP contribution in [-0.2, 0) is 0 Å². The zero-order valence-corrected chi connectivity index (χ0v) is 16.1. The zero-order valence-electron chi connectivity index (χ0n) is 16.1. The van der Waals surface area contributed by atoms with Crippen molar-refractivity contribution in [3.05, 3.63) is 71.8 Å². The maximum atomic E-state index is 12.8. The number of nitrogens with one attached hydrogen (secondary N) is 1. The maximum absolute atomic E-state index is 12.8.